The lowest BCUT2D eigenvalue weighted by Gasteiger charge is -2.27. The van der Waals surface area contributed by atoms with Crippen LogP contribution in [0.25, 0.3) is 11.3 Å². The zero-order valence-electron chi connectivity index (χ0n) is 16.6. The number of ether oxygens (including phenoxy) is 1. The summed E-state index contributed by atoms with van der Waals surface area (Å²) in [4.78, 5) is 15.0. The van der Waals surface area contributed by atoms with Crippen LogP contribution in [0.15, 0.2) is 65.1 Å². The molecule has 1 amide bonds. The van der Waals surface area contributed by atoms with Gasteiger partial charge in [0.25, 0.3) is 5.91 Å². The molecule has 8 heteroatoms. The van der Waals surface area contributed by atoms with Crippen LogP contribution in [-0.4, -0.2) is 37.1 Å². The number of halogens is 3. The SMILES string of the molecule is O=C(Nc1ccccc1CN1CCOCC1)c1ccc(-c2cccc(C(F)(F)F)c2)o1. The van der Waals surface area contributed by atoms with Gasteiger partial charge in [0.05, 0.1) is 18.8 Å². The van der Waals surface area contributed by atoms with Crippen molar-refractivity contribution < 1.29 is 27.1 Å². The molecule has 0 saturated carbocycles. The molecule has 31 heavy (non-hydrogen) atoms. The number of benzene rings is 2. The monoisotopic (exact) mass is 430 g/mol. The molecule has 0 spiro atoms. The number of alkyl halides is 3. The van der Waals surface area contributed by atoms with Crippen molar-refractivity contribution in [1.82, 2.24) is 4.90 Å². The van der Waals surface area contributed by atoms with Gasteiger partial charge < -0.3 is 14.5 Å². The van der Waals surface area contributed by atoms with E-state index in [-0.39, 0.29) is 17.1 Å². The van der Waals surface area contributed by atoms with Crippen LogP contribution in [0.2, 0.25) is 0 Å². The van der Waals surface area contributed by atoms with Crippen LogP contribution in [0.1, 0.15) is 21.7 Å². The minimum absolute atomic E-state index is 0.0218. The van der Waals surface area contributed by atoms with Gasteiger partial charge in [-0.3, -0.25) is 9.69 Å². The lowest BCUT2D eigenvalue weighted by Crippen LogP contribution is -2.35. The van der Waals surface area contributed by atoms with Crippen LogP contribution in [0.5, 0.6) is 0 Å². The Morgan fingerprint density at radius 1 is 1.00 bits per heavy atom. The third-order valence-corrected chi connectivity index (χ3v) is 5.07. The largest absolute Gasteiger partial charge is 0.451 e. The molecule has 4 rings (SSSR count). The summed E-state index contributed by atoms with van der Waals surface area (Å²) in [6.45, 7) is 3.67. The van der Waals surface area contributed by atoms with Crippen LogP contribution in [0, 0.1) is 0 Å². The summed E-state index contributed by atoms with van der Waals surface area (Å²) < 4.78 is 49.8. The number of hydrogen-bond acceptors (Lipinski definition) is 4. The first kappa shape index (κ1) is 21.1. The second-order valence-electron chi connectivity index (χ2n) is 7.24. The highest BCUT2D eigenvalue weighted by Gasteiger charge is 2.30. The molecule has 1 N–H and O–H groups in total. The van der Waals surface area contributed by atoms with Gasteiger partial charge in [-0.05, 0) is 35.9 Å². The van der Waals surface area contributed by atoms with E-state index in [0.717, 1.165) is 30.8 Å². The zero-order chi connectivity index (χ0) is 21.8. The Morgan fingerprint density at radius 2 is 1.77 bits per heavy atom. The van der Waals surface area contributed by atoms with Crippen LogP contribution >= 0.6 is 0 Å². The van der Waals surface area contributed by atoms with E-state index in [1.54, 1.807) is 0 Å². The Balaban J connectivity index is 1.49. The molecule has 0 aliphatic carbocycles. The first-order valence-electron chi connectivity index (χ1n) is 9.87. The van der Waals surface area contributed by atoms with Crippen molar-refractivity contribution in [2.45, 2.75) is 12.7 Å². The van der Waals surface area contributed by atoms with Crippen molar-refractivity contribution in [2.24, 2.45) is 0 Å². The van der Waals surface area contributed by atoms with Gasteiger partial charge in [0.2, 0.25) is 0 Å². The van der Waals surface area contributed by atoms with Crippen molar-refractivity contribution in [3.8, 4) is 11.3 Å². The van der Waals surface area contributed by atoms with Crippen LogP contribution in [-0.2, 0) is 17.5 Å². The Morgan fingerprint density at radius 3 is 2.55 bits per heavy atom. The maximum Gasteiger partial charge on any atom is 0.416 e. The number of rotatable bonds is 5. The predicted molar refractivity (Wildman–Crippen MR) is 110 cm³/mol. The Hall–Kier alpha value is -3.10. The van der Waals surface area contributed by atoms with Crippen LogP contribution < -0.4 is 5.32 Å². The van der Waals surface area contributed by atoms with Gasteiger partial charge in [-0.15, -0.1) is 0 Å². The second kappa shape index (κ2) is 8.95. The number of nitrogens with zero attached hydrogens (tertiary/aromatic N) is 1. The lowest BCUT2D eigenvalue weighted by molar-refractivity contribution is -0.137. The van der Waals surface area contributed by atoms with Gasteiger partial charge in [-0.25, -0.2) is 0 Å². The molecule has 162 valence electrons. The molecule has 1 aliphatic rings. The van der Waals surface area contributed by atoms with Crippen molar-refractivity contribution in [2.75, 3.05) is 31.6 Å². The average Bonchev–Trinajstić information content (AvgIpc) is 3.26. The summed E-state index contributed by atoms with van der Waals surface area (Å²) in [6.07, 6.45) is -4.45. The molecule has 1 aromatic heterocycles. The normalized spacial score (nSPS) is 15.1. The number of morpholine rings is 1. The van der Waals surface area contributed by atoms with Gasteiger partial charge in [-0.1, -0.05) is 30.3 Å². The molecule has 1 saturated heterocycles. The van der Waals surface area contributed by atoms with Crippen molar-refractivity contribution in [3.05, 3.63) is 77.6 Å². The lowest BCUT2D eigenvalue weighted by atomic mass is 10.1. The molecule has 1 fully saturated rings. The molecule has 0 bridgehead atoms. The van der Waals surface area contributed by atoms with E-state index in [0.29, 0.717) is 25.4 Å². The summed E-state index contributed by atoms with van der Waals surface area (Å²) in [5, 5.41) is 2.85. The zero-order valence-corrected chi connectivity index (χ0v) is 16.6. The standard InChI is InChI=1S/C23H21F3N2O3/c24-23(25,26)18-6-3-5-16(14-18)20-8-9-21(31-20)22(29)27-19-7-2-1-4-17(19)15-28-10-12-30-13-11-28/h1-9,14H,10-13,15H2,(H,27,29). The summed E-state index contributed by atoms with van der Waals surface area (Å²) in [5.41, 5.74) is 1.10. The van der Waals surface area contributed by atoms with Gasteiger partial charge in [-0.2, -0.15) is 13.2 Å². The number of hydrogen-bond donors (Lipinski definition) is 1. The van der Waals surface area contributed by atoms with Crippen molar-refractivity contribution >= 4 is 11.6 Å². The summed E-state index contributed by atoms with van der Waals surface area (Å²) in [6, 6.07) is 15.2. The Kier molecular flexibility index (Phi) is 6.11. The summed E-state index contributed by atoms with van der Waals surface area (Å²) in [5.74, 6) is -0.251. The van der Waals surface area contributed by atoms with Crippen LogP contribution in [0.4, 0.5) is 18.9 Å². The highest BCUT2D eigenvalue weighted by molar-refractivity contribution is 6.03. The third kappa shape index (κ3) is 5.15. The van der Waals surface area contributed by atoms with E-state index in [1.807, 2.05) is 24.3 Å². The molecule has 5 nitrogen and oxygen atoms in total. The number of amides is 1. The first-order chi connectivity index (χ1) is 14.9. The van der Waals surface area contributed by atoms with Gasteiger partial charge >= 0.3 is 6.18 Å². The van der Waals surface area contributed by atoms with Gasteiger partial charge in [0.15, 0.2) is 5.76 Å². The highest BCUT2D eigenvalue weighted by Crippen LogP contribution is 2.32. The maximum atomic E-state index is 13.0. The fourth-order valence-electron chi connectivity index (χ4n) is 3.43. The predicted octanol–water partition coefficient (Wildman–Crippen LogP) is 5.05. The van der Waals surface area contributed by atoms with E-state index < -0.39 is 17.6 Å². The molecular formula is C23H21F3N2O3. The molecule has 2 aromatic carbocycles. The number of carbonyl (C=O) groups is 1. The Labute approximate surface area is 177 Å². The fraction of sp³-hybridized carbons (Fsp3) is 0.261. The number of para-hydroxylation sites is 1. The van der Waals surface area contributed by atoms with Gasteiger partial charge in [0, 0.05) is 30.9 Å². The molecule has 0 unspecified atom stereocenters. The highest BCUT2D eigenvalue weighted by atomic mass is 19.4. The summed E-state index contributed by atoms with van der Waals surface area (Å²) in [7, 11) is 0. The van der Waals surface area contributed by atoms with E-state index in [9.17, 15) is 18.0 Å². The molecule has 3 aromatic rings. The number of carbonyl (C=O) groups excluding carboxylic acids is 1. The molecule has 0 radical (unpaired) electrons. The summed E-state index contributed by atoms with van der Waals surface area (Å²) >= 11 is 0. The minimum Gasteiger partial charge on any atom is -0.451 e. The molecule has 1 aliphatic heterocycles. The second-order valence-corrected chi connectivity index (χ2v) is 7.24. The molecule has 0 atom stereocenters. The van der Waals surface area contributed by atoms with Crippen molar-refractivity contribution in [3.63, 3.8) is 0 Å². The molecule has 2 heterocycles. The third-order valence-electron chi connectivity index (χ3n) is 5.07. The first-order valence-corrected chi connectivity index (χ1v) is 9.87. The number of anilines is 1. The van der Waals surface area contributed by atoms with E-state index in [2.05, 4.69) is 10.2 Å². The van der Waals surface area contributed by atoms with E-state index in [4.69, 9.17) is 9.15 Å². The van der Waals surface area contributed by atoms with E-state index >= 15 is 0 Å². The smallest absolute Gasteiger partial charge is 0.416 e. The molecular weight excluding hydrogens is 409 g/mol. The topological polar surface area (TPSA) is 54.7 Å². The average molecular weight is 430 g/mol. The van der Waals surface area contributed by atoms with E-state index in [1.165, 1.54) is 24.3 Å². The quantitative estimate of drug-likeness (QED) is 0.616. The maximum absolute atomic E-state index is 13.0. The van der Waals surface area contributed by atoms with Crippen molar-refractivity contribution in [1.29, 1.82) is 0 Å². The van der Waals surface area contributed by atoms with Gasteiger partial charge in [0.1, 0.15) is 5.76 Å². The minimum atomic E-state index is -4.45. The number of furan rings is 1. The number of nitrogens with one attached hydrogen (secondary N) is 1. The van der Waals surface area contributed by atoms with Crippen LogP contribution in [0.3, 0.4) is 0 Å². The fourth-order valence-corrected chi connectivity index (χ4v) is 3.43. The Bertz CT molecular complexity index is 1060.